The van der Waals surface area contributed by atoms with E-state index in [0.29, 0.717) is 17.0 Å². The number of ether oxygens (including phenoxy) is 1. The number of Topliss-reactive ketones (excluding diaryl/α,β-unsaturated/α-hetero) is 1. The van der Waals surface area contributed by atoms with Crippen LogP contribution in [0, 0.1) is 0 Å². The van der Waals surface area contributed by atoms with E-state index in [1.54, 1.807) is 25.3 Å². The Bertz CT molecular complexity index is 656. The molecule has 20 heavy (non-hydrogen) atoms. The lowest BCUT2D eigenvalue weighted by Gasteiger charge is -2.07. The Kier molecular flexibility index (Phi) is 5.24. The molecule has 0 aliphatic carbocycles. The van der Waals surface area contributed by atoms with Crippen LogP contribution in [0.2, 0.25) is 5.02 Å². The Balaban J connectivity index is 2.19. The number of carbonyl (C=O) groups is 1. The van der Waals surface area contributed by atoms with E-state index in [1.807, 2.05) is 18.2 Å². The Hall–Kier alpha value is -0.840. The molecule has 0 amide bonds. The van der Waals surface area contributed by atoms with Crippen molar-refractivity contribution in [3.05, 3.63) is 61.5 Å². The van der Waals surface area contributed by atoms with Crippen LogP contribution in [0.25, 0.3) is 0 Å². The van der Waals surface area contributed by atoms with E-state index < -0.39 is 0 Å². The minimum Gasteiger partial charge on any atom is -0.496 e. The number of carbonyl (C=O) groups excluding carboxylic acids is 1. The zero-order valence-corrected chi connectivity index (χ0v) is 14.5. The van der Waals surface area contributed by atoms with Crippen LogP contribution in [0.4, 0.5) is 0 Å². The van der Waals surface area contributed by atoms with Crippen molar-refractivity contribution in [2.24, 2.45) is 0 Å². The van der Waals surface area contributed by atoms with Gasteiger partial charge in [-0.1, -0.05) is 23.7 Å². The molecule has 2 aromatic carbocycles. The van der Waals surface area contributed by atoms with Crippen molar-refractivity contribution in [1.29, 1.82) is 0 Å². The molecule has 0 radical (unpaired) electrons. The molecule has 0 aliphatic heterocycles. The van der Waals surface area contributed by atoms with Gasteiger partial charge in [0.15, 0.2) is 5.78 Å². The highest BCUT2D eigenvalue weighted by atomic mass is 79.9. The van der Waals surface area contributed by atoms with E-state index >= 15 is 0 Å². The quantitative estimate of drug-likeness (QED) is 0.630. The van der Waals surface area contributed by atoms with Crippen LogP contribution in [0.15, 0.2) is 45.3 Å². The maximum atomic E-state index is 12.2. The van der Waals surface area contributed by atoms with Gasteiger partial charge in [0.25, 0.3) is 0 Å². The number of hydrogen-bond donors (Lipinski definition) is 0. The van der Waals surface area contributed by atoms with Gasteiger partial charge in [-0.25, -0.2) is 0 Å². The van der Waals surface area contributed by atoms with Gasteiger partial charge in [-0.15, -0.1) is 0 Å². The number of halogens is 3. The van der Waals surface area contributed by atoms with E-state index in [2.05, 4.69) is 31.9 Å². The first kappa shape index (κ1) is 15.5. The maximum Gasteiger partial charge on any atom is 0.167 e. The maximum absolute atomic E-state index is 12.2. The molecule has 0 saturated heterocycles. The third kappa shape index (κ3) is 3.62. The lowest BCUT2D eigenvalue weighted by Crippen LogP contribution is -2.03. The molecule has 0 bridgehead atoms. The van der Waals surface area contributed by atoms with Gasteiger partial charge in [-0.05, 0) is 61.7 Å². The number of ketones is 1. The van der Waals surface area contributed by atoms with E-state index in [0.717, 1.165) is 20.3 Å². The van der Waals surface area contributed by atoms with Gasteiger partial charge in [0, 0.05) is 16.5 Å². The van der Waals surface area contributed by atoms with Crippen molar-refractivity contribution in [2.45, 2.75) is 6.42 Å². The van der Waals surface area contributed by atoms with Crippen LogP contribution in [0.1, 0.15) is 15.9 Å². The van der Waals surface area contributed by atoms with Crippen LogP contribution < -0.4 is 4.74 Å². The molecule has 0 unspecified atom stereocenters. The van der Waals surface area contributed by atoms with Crippen molar-refractivity contribution in [3.63, 3.8) is 0 Å². The minimum atomic E-state index is 0.0245. The number of methoxy groups -OCH3 is 1. The van der Waals surface area contributed by atoms with Gasteiger partial charge in [0.1, 0.15) is 5.75 Å². The van der Waals surface area contributed by atoms with Gasteiger partial charge in [0.2, 0.25) is 0 Å². The average Bonchev–Trinajstić information content (AvgIpc) is 2.42. The first-order chi connectivity index (χ1) is 9.51. The van der Waals surface area contributed by atoms with Crippen molar-refractivity contribution >= 4 is 49.2 Å². The van der Waals surface area contributed by atoms with Gasteiger partial charge in [-0.2, -0.15) is 0 Å². The SMILES string of the molecule is COc1ccc(CC(=O)c2ccc(Br)c(Cl)c2)cc1Br. The summed E-state index contributed by atoms with van der Waals surface area (Å²) in [6.07, 6.45) is 0.320. The fourth-order valence-electron chi connectivity index (χ4n) is 1.78. The molecule has 0 N–H and O–H groups in total. The highest BCUT2D eigenvalue weighted by Gasteiger charge is 2.10. The fourth-order valence-corrected chi connectivity index (χ4v) is 2.79. The highest BCUT2D eigenvalue weighted by Crippen LogP contribution is 2.27. The minimum absolute atomic E-state index is 0.0245. The summed E-state index contributed by atoms with van der Waals surface area (Å²) in [4.78, 5) is 12.2. The van der Waals surface area contributed by atoms with Crippen LogP contribution in [-0.2, 0) is 6.42 Å². The summed E-state index contributed by atoms with van der Waals surface area (Å²) in [5, 5.41) is 0.534. The van der Waals surface area contributed by atoms with Gasteiger partial charge in [-0.3, -0.25) is 4.79 Å². The molecule has 0 atom stereocenters. The second kappa shape index (κ2) is 6.74. The molecule has 0 aromatic heterocycles. The van der Waals surface area contributed by atoms with E-state index in [-0.39, 0.29) is 5.78 Å². The Morgan fingerprint density at radius 2 is 1.90 bits per heavy atom. The number of rotatable bonds is 4. The van der Waals surface area contributed by atoms with Gasteiger partial charge < -0.3 is 4.74 Å². The van der Waals surface area contributed by atoms with E-state index in [9.17, 15) is 4.79 Å². The van der Waals surface area contributed by atoms with E-state index in [4.69, 9.17) is 16.3 Å². The van der Waals surface area contributed by atoms with Gasteiger partial charge in [0.05, 0.1) is 16.6 Å². The Labute approximate surface area is 139 Å². The largest absolute Gasteiger partial charge is 0.496 e. The molecular weight excluding hydrogens is 407 g/mol. The van der Waals surface area contributed by atoms with Crippen LogP contribution in [0.3, 0.4) is 0 Å². The molecule has 5 heteroatoms. The van der Waals surface area contributed by atoms with Crippen molar-refractivity contribution in [3.8, 4) is 5.75 Å². The summed E-state index contributed by atoms with van der Waals surface area (Å²) in [6, 6.07) is 10.8. The van der Waals surface area contributed by atoms with Crippen LogP contribution in [0.5, 0.6) is 5.75 Å². The van der Waals surface area contributed by atoms with Crippen LogP contribution in [-0.4, -0.2) is 12.9 Å². The highest BCUT2D eigenvalue weighted by molar-refractivity contribution is 9.10. The van der Waals surface area contributed by atoms with Crippen molar-refractivity contribution in [2.75, 3.05) is 7.11 Å². The lowest BCUT2D eigenvalue weighted by molar-refractivity contribution is 0.0993. The first-order valence-corrected chi connectivity index (χ1v) is 7.78. The van der Waals surface area contributed by atoms with Crippen LogP contribution >= 0.6 is 43.5 Å². The van der Waals surface area contributed by atoms with E-state index in [1.165, 1.54) is 0 Å². The zero-order valence-electron chi connectivity index (χ0n) is 10.6. The molecule has 0 heterocycles. The van der Waals surface area contributed by atoms with Crippen molar-refractivity contribution in [1.82, 2.24) is 0 Å². The number of hydrogen-bond acceptors (Lipinski definition) is 2. The fraction of sp³-hybridized carbons (Fsp3) is 0.133. The monoisotopic (exact) mass is 416 g/mol. The summed E-state index contributed by atoms with van der Waals surface area (Å²) >= 11 is 12.7. The van der Waals surface area contributed by atoms with Crippen molar-refractivity contribution < 1.29 is 9.53 Å². The summed E-state index contributed by atoms with van der Waals surface area (Å²) < 4.78 is 6.78. The summed E-state index contributed by atoms with van der Waals surface area (Å²) in [5.74, 6) is 0.768. The molecule has 104 valence electrons. The summed E-state index contributed by atoms with van der Waals surface area (Å²) in [7, 11) is 1.61. The van der Waals surface area contributed by atoms with Gasteiger partial charge >= 0.3 is 0 Å². The summed E-state index contributed by atoms with van der Waals surface area (Å²) in [5.41, 5.74) is 1.52. The third-order valence-corrected chi connectivity index (χ3v) is 4.67. The Morgan fingerprint density at radius 3 is 2.50 bits per heavy atom. The Morgan fingerprint density at radius 1 is 1.15 bits per heavy atom. The average molecular weight is 419 g/mol. The lowest BCUT2D eigenvalue weighted by atomic mass is 10.0. The smallest absolute Gasteiger partial charge is 0.167 e. The molecule has 0 spiro atoms. The normalized spacial score (nSPS) is 10.4. The number of benzene rings is 2. The third-order valence-electron chi connectivity index (χ3n) is 2.82. The molecular formula is C15H11Br2ClO2. The zero-order chi connectivity index (χ0) is 14.7. The molecule has 2 aromatic rings. The molecule has 0 aliphatic rings. The molecule has 0 fully saturated rings. The molecule has 0 saturated carbocycles. The topological polar surface area (TPSA) is 26.3 Å². The molecule has 2 nitrogen and oxygen atoms in total. The second-order valence-corrected chi connectivity index (χ2v) is 6.31. The predicted molar refractivity (Wildman–Crippen MR) is 87.9 cm³/mol. The summed E-state index contributed by atoms with van der Waals surface area (Å²) in [6.45, 7) is 0. The standard InChI is InChI=1S/C15H11Br2ClO2/c1-20-15-5-2-9(6-12(15)17)7-14(19)10-3-4-11(16)13(18)8-10/h2-6,8H,7H2,1H3. The second-order valence-electron chi connectivity index (χ2n) is 4.20. The molecule has 2 rings (SSSR count). The first-order valence-electron chi connectivity index (χ1n) is 5.82. The predicted octanol–water partition coefficient (Wildman–Crippen LogP) is 5.30.